The van der Waals surface area contributed by atoms with Crippen LogP contribution in [0, 0.1) is 0 Å². The van der Waals surface area contributed by atoms with Gasteiger partial charge in [-0.25, -0.2) is 4.79 Å². The summed E-state index contributed by atoms with van der Waals surface area (Å²) in [5, 5.41) is 9.71. The van der Waals surface area contributed by atoms with Crippen LogP contribution >= 0.6 is 0 Å². The van der Waals surface area contributed by atoms with Crippen LogP contribution in [-0.4, -0.2) is 28.5 Å². The van der Waals surface area contributed by atoms with Crippen LogP contribution in [0.1, 0.15) is 27.0 Å². The molecule has 6 heteroatoms. The van der Waals surface area contributed by atoms with E-state index in [9.17, 15) is 19.5 Å². The van der Waals surface area contributed by atoms with Crippen LogP contribution < -0.4 is 5.56 Å². The van der Waals surface area contributed by atoms with Crippen LogP contribution in [0.15, 0.2) is 89.6 Å². The Hall–Kier alpha value is -3.93. The van der Waals surface area contributed by atoms with Gasteiger partial charge in [0, 0.05) is 12.3 Å². The molecule has 2 aromatic carbocycles. The molecule has 0 aliphatic heterocycles. The van der Waals surface area contributed by atoms with E-state index in [1.54, 1.807) is 6.20 Å². The number of aromatic nitrogens is 1. The average Bonchev–Trinajstić information content (AvgIpc) is 2.76. The minimum Gasteiger partial charge on any atom is -0.502 e. The zero-order chi connectivity index (χ0) is 21.5. The maximum atomic E-state index is 13.0. The van der Waals surface area contributed by atoms with Crippen LogP contribution in [0.5, 0.6) is 0 Å². The lowest BCUT2D eigenvalue weighted by Crippen LogP contribution is -2.27. The van der Waals surface area contributed by atoms with Crippen molar-refractivity contribution in [3.05, 3.63) is 117 Å². The van der Waals surface area contributed by atoms with Crippen molar-refractivity contribution in [2.24, 2.45) is 0 Å². The molecule has 6 nitrogen and oxygen atoms in total. The fourth-order valence-electron chi connectivity index (χ4n) is 3.07. The predicted octanol–water partition coefficient (Wildman–Crippen LogP) is 3.29. The maximum absolute atomic E-state index is 13.0. The summed E-state index contributed by atoms with van der Waals surface area (Å²) in [6.45, 7) is 0.287. The maximum Gasteiger partial charge on any atom is 0.373 e. The van der Waals surface area contributed by atoms with Gasteiger partial charge in [-0.05, 0) is 29.2 Å². The van der Waals surface area contributed by atoms with Gasteiger partial charge < -0.3 is 14.4 Å². The summed E-state index contributed by atoms with van der Waals surface area (Å²) < 4.78 is 5.85. The molecule has 0 spiro atoms. The number of pyridine rings is 1. The summed E-state index contributed by atoms with van der Waals surface area (Å²) in [6.07, 6.45) is 2.95. The Bertz CT molecular complexity index is 1130. The molecule has 0 fully saturated rings. The highest BCUT2D eigenvalue weighted by molar-refractivity contribution is 6.07. The van der Waals surface area contributed by atoms with Crippen molar-refractivity contribution in [3.63, 3.8) is 0 Å². The lowest BCUT2D eigenvalue weighted by Gasteiger charge is -2.11. The van der Waals surface area contributed by atoms with Gasteiger partial charge in [0.25, 0.3) is 5.56 Å². The number of benzene rings is 2. The van der Waals surface area contributed by atoms with Crippen molar-refractivity contribution in [2.45, 2.75) is 13.0 Å². The highest BCUT2D eigenvalue weighted by atomic mass is 16.5. The van der Waals surface area contributed by atoms with Crippen molar-refractivity contribution in [3.8, 4) is 0 Å². The molecular formula is C24H21NO5. The van der Waals surface area contributed by atoms with E-state index < -0.39 is 23.1 Å². The Labute approximate surface area is 173 Å². The van der Waals surface area contributed by atoms with Gasteiger partial charge in [0.1, 0.15) is 0 Å². The van der Waals surface area contributed by atoms with E-state index in [-0.39, 0.29) is 12.1 Å². The lowest BCUT2D eigenvalue weighted by molar-refractivity contribution is -0.139. The lowest BCUT2D eigenvalue weighted by atomic mass is 10.0. The van der Waals surface area contributed by atoms with Crippen LogP contribution in [0.2, 0.25) is 0 Å². The predicted molar refractivity (Wildman–Crippen MR) is 113 cm³/mol. The summed E-state index contributed by atoms with van der Waals surface area (Å²) in [6, 6.07) is 20.6. The fraction of sp³-hybridized carbons (Fsp3) is 0.125. The second-order valence-corrected chi connectivity index (χ2v) is 6.73. The van der Waals surface area contributed by atoms with Crippen LogP contribution in [0.25, 0.3) is 0 Å². The van der Waals surface area contributed by atoms with Gasteiger partial charge in [0.15, 0.2) is 5.78 Å². The monoisotopic (exact) mass is 403 g/mol. The smallest absolute Gasteiger partial charge is 0.373 e. The van der Waals surface area contributed by atoms with Crippen LogP contribution in [0.3, 0.4) is 0 Å². The van der Waals surface area contributed by atoms with Gasteiger partial charge in [0.05, 0.1) is 19.2 Å². The van der Waals surface area contributed by atoms with Gasteiger partial charge in [0.2, 0.25) is 5.76 Å². The third-order valence-corrected chi connectivity index (χ3v) is 4.52. The zero-order valence-electron chi connectivity index (χ0n) is 16.4. The number of nitrogens with zero attached hydrogens (tertiary/aromatic N) is 1. The van der Waals surface area contributed by atoms with Gasteiger partial charge in [-0.2, -0.15) is 0 Å². The second-order valence-electron chi connectivity index (χ2n) is 6.73. The largest absolute Gasteiger partial charge is 0.502 e. The highest BCUT2D eigenvalue weighted by Gasteiger charge is 2.17. The van der Waals surface area contributed by atoms with E-state index >= 15 is 0 Å². The van der Waals surface area contributed by atoms with Crippen LogP contribution in [-0.2, 0) is 22.5 Å². The number of aliphatic hydroxyl groups is 1. The number of hydrogen-bond acceptors (Lipinski definition) is 5. The van der Waals surface area contributed by atoms with Gasteiger partial charge >= 0.3 is 5.97 Å². The molecule has 1 N–H and O–H groups in total. The zero-order valence-corrected chi connectivity index (χ0v) is 16.4. The molecule has 0 saturated carbocycles. The Morgan fingerprint density at radius 2 is 1.57 bits per heavy atom. The van der Waals surface area contributed by atoms with E-state index in [1.165, 1.54) is 10.6 Å². The fourth-order valence-corrected chi connectivity index (χ4v) is 3.07. The molecule has 0 aliphatic rings. The Kier molecular flexibility index (Phi) is 6.60. The molecule has 0 unspecified atom stereocenters. The van der Waals surface area contributed by atoms with E-state index in [0.29, 0.717) is 12.5 Å². The normalized spacial score (nSPS) is 11.2. The number of methoxy groups -OCH3 is 1. The van der Waals surface area contributed by atoms with E-state index in [2.05, 4.69) is 4.74 Å². The number of ether oxygens (including phenoxy) is 1. The van der Waals surface area contributed by atoms with E-state index in [4.69, 9.17) is 0 Å². The molecule has 0 amide bonds. The molecule has 3 rings (SSSR count). The quantitative estimate of drug-likeness (QED) is 0.283. The van der Waals surface area contributed by atoms with Crippen molar-refractivity contribution >= 4 is 11.8 Å². The first kappa shape index (κ1) is 20.8. The van der Waals surface area contributed by atoms with Crippen LogP contribution in [0.4, 0.5) is 0 Å². The Morgan fingerprint density at radius 1 is 0.967 bits per heavy atom. The van der Waals surface area contributed by atoms with Crippen molar-refractivity contribution in [1.82, 2.24) is 4.57 Å². The molecule has 0 atom stereocenters. The number of hydrogen-bond donors (Lipinski definition) is 1. The highest BCUT2D eigenvalue weighted by Crippen LogP contribution is 2.12. The molecule has 0 bridgehead atoms. The number of esters is 1. The number of allylic oxidation sites excluding steroid dienone is 1. The minimum absolute atomic E-state index is 0.130. The molecule has 0 radical (unpaired) electrons. The molecule has 152 valence electrons. The van der Waals surface area contributed by atoms with E-state index in [1.807, 2.05) is 60.7 Å². The molecule has 0 aliphatic carbocycles. The summed E-state index contributed by atoms with van der Waals surface area (Å²) in [5.74, 6) is -2.67. The number of carbonyl (C=O) groups excluding carboxylic acids is 2. The molecule has 1 heterocycles. The third kappa shape index (κ3) is 5.11. The Morgan fingerprint density at radius 3 is 2.17 bits per heavy atom. The van der Waals surface area contributed by atoms with E-state index in [0.717, 1.165) is 23.8 Å². The van der Waals surface area contributed by atoms with Crippen molar-refractivity contribution in [1.29, 1.82) is 0 Å². The summed E-state index contributed by atoms with van der Waals surface area (Å²) >= 11 is 0. The average molecular weight is 403 g/mol. The van der Waals surface area contributed by atoms with Gasteiger partial charge in [-0.15, -0.1) is 0 Å². The summed E-state index contributed by atoms with van der Waals surface area (Å²) in [7, 11) is 1.09. The topological polar surface area (TPSA) is 85.6 Å². The molecule has 3 aromatic rings. The minimum atomic E-state index is -1.05. The standard InChI is InChI=1S/C24H21NO5/c1-30-24(29)22(27)14-21(26)20-13-19(12-17-8-4-2-5-9-17)16-25(23(20)28)15-18-10-6-3-7-11-18/h2-11,13-14,16,27H,12,15H2,1H3. The third-order valence-electron chi connectivity index (χ3n) is 4.52. The van der Waals surface area contributed by atoms with Gasteiger partial charge in [-0.1, -0.05) is 60.7 Å². The molecular weight excluding hydrogens is 382 g/mol. The first-order valence-electron chi connectivity index (χ1n) is 9.32. The summed E-state index contributed by atoms with van der Waals surface area (Å²) in [5.41, 5.74) is 2.05. The molecule has 0 saturated heterocycles. The molecule has 30 heavy (non-hydrogen) atoms. The number of rotatable bonds is 7. The Balaban J connectivity index is 2.04. The number of carbonyl (C=O) groups is 2. The SMILES string of the molecule is COC(=O)C(O)=CC(=O)c1cc(Cc2ccccc2)cn(Cc2ccccc2)c1=O. The van der Waals surface area contributed by atoms with Gasteiger partial charge in [-0.3, -0.25) is 9.59 Å². The number of aliphatic hydroxyl groups excluding tert-OH is 1. The molecule has 1 aromatic heterocycles. The van der Waals surface area contributed by atoms with Crippen molar-refractivity contribution in [2.75, 3.05) is 7.11 Å². The first-order chi connectivity index (χ1) is 14.5. The second kappa shape index (κ2) is 9.52. The number of ketones is 1. The van der Waals surface area contributed by atoms with Crippen molar-refractivity contribution < 1.29 is 19.4 Å². The summed E-state index contributed by atoms with van der Waals surface area (Å²) in [4.78, 5) is 37.0. The first-order valence-corrected chi connectivity index (χ1v) is 9.32.